The van der Waals surface area contributed by atoms with Crippen molar-refractivity contribution in [1.29, 1.82) is 0 Å². The van der Waals surface area contributed by atoms with Gasteiger partial charge in [-0.15, -0.1) is 0 Å². The zero-order valence-corrected chi connectivity index (χ0v) is 14.7. The van der Waals surface area contributed by atoms with Crippen molar-refractivity contribution in [1.82, 2.24) is 0 Å². The van der Waals surface area contributed by atoms with E-state index in [0.29, 0.717) is 5.69 Å². The molecule has 6 heteroatoms. The highest BCUT2D eigenvalue weighted by molar-refractivity contribution is 7.92. The molecule has 0 atom stereocenters. The number of nitrogens with zero attached hydrogens (tertiary/aromatic N) is 1. The molecule has 0 aliphatic carbocycles. The number of benzene rings is 2. The zero-order valence-electron chi connectivity index (χ0n) is 13.9. The Hall–Kier alpha value is -2.05. The maximum Gasteiger partial charge on any atom is 0.261 e. The normalized spacial score (nSPS) is 16.1. The molecule has 0 radical (unpaired) electrons. The Morgan fingerprint density at radius 1 is 1.00 bits per heavy atom. The van der Waals surface area contributed by atoms with Crippen LogP contribution in [0.3, 0.4) is 0 Å². The van der Waals surface area contributed by atoms with E-state index in [1.165, 1.54) is 6.54 Å². The fraction of sp³-hybridized carbons (Fsp3) is 0.333. The molecule has 0 saturated carbocycles. The Balaban J connectivity index is 1.67. The number of sulfonamides is 1. The third-order valence-electron chi connectivity index (χ3n) is 4.51. The van der Waals surface area contributed by atoms with E-state index in [0.717, 1.165) is 31.9 Å². The van der Waals surface area contributed by atoms with Gasteiger partial charge in [0.1, 0.15) is 0 Å². The van der Waals surface area contributed by atoms with Crippen LogP contribution in [0, 0.1) is 0 Å². The zero-order chi connectivity index (χ0) is 17.0. The Morgan fingerprint density at radius 2 is 1.62 bits per heavy atom. The monoisotopic (exact) mass is 346 g/mol. The topological polar surface area (TPSA) is 53.9 Å². The lowest BCUT2D eigenvalue weighted by atomic mass is 10.2. The average molecular weight is 346 g/mol. The van der Waals surface area contributed by atoms with Crippen LogP contribution in [0.1, 0.15) is 6.92 Å². The molecule has 1 fully saturated rings. The molecule has 1 aliphatic heterocycles. The van der Waals surface area contributed by atoms with Gasteiger partial charge in [-0.1, -0.05) is 18.2 Å². The first-order valence-corrected chi connectivity index (χ1v) is 9.83. The van der Waals surface area contributed by atoms with Crippen LogP contribution in [-0.2, 0) is 10.0 Å². The predicted octanol–water partition coefficient (Wildman–Crippen LogP) is 1.21. The molecule has 2 aromatic rings. The van der Waals surface area contributed by atoms with Gasteiger partial charge in [0.25, 0.3) is 10.0 Å². The van der Waals surface area contributed by atoms with Gasteiger partial charge in [0, 0.05) is 11.4 Å². The fourth-order valence-electron chi connectivity index (χ4n) is 2.99. The molecule has 0 bridgehead atoms. The largest absolute Gasteiger partial charge is 0.360 e. The second-order valence-corrected chi connectivity index (χ2v) is 7.74. The Morgan fingerprint density at radius 3 is 2.21 bits per heavy atom. The molecule has 0 amide bonds. The maximum absolute atomic E-state index is 12.3. The first-order chi connectivity index (χ1) is 11.6. The van der Waals surface area contributed by atoms with Crippen molar-refractivity contribution >= 4 is 21.4 Å². The van der Waals surface area contributed by atoms with E-state index in [1.807, 2.05) is 24.3 Å². The van der Waals surface area contributed by atoms with Crippen molar-refractivity contribution in [2.75, 3.05) is 42.3 Å². The molecule has 3 rings (SSSR count). The highest BCUT2D eigenvalue weighted by Crippen LogP contribution is 2.20. The number of likely N-dealkylation sites (N-methyl/N-ethyl adjacent to an activating group) is 1. The van der Waals surface area contributed by atoms with E-state index < -0.39 is 10.0 Å². The number of piperazine rings is 1. The number of hydrogen-bond donors (Lipinski definition) is 2. The summed E-state index contributed by atoms with van der Waals surface area (Å²) in [5.41, 5.74) is 1.73. The summed E-state index contributed by atoms with van der Waals surface area (Å²) >= 11 is 0. The molecule has 128 valence electrons. The van der Waals surface area contributed by atoms with Gasteiger partial charge in [-0.05, 0) is 43.3 Å². The molecule has 0 spiro atoms. The Kier molecular flexibility index (Phi) is 5.06. The van der Waals surface area contributed by atoms with Crippen LogP contribution >= 0.6 is 0 Å². The molecule has 24 heavy (non-hydrogen) atoms. The van der Waals surface area contributed by atoms with E-state index >= 15 is 0 Å². The van der Waals surface area contributed by atoms with Crippen molar-refractivity contribution in [3.8, 4) is 0 Å². The van der Waals surface area contributed by atoms with Crippen LogP contribution in [0.25, 0.3) is 0 Å². The number of rotatable bonds is 5. The summed E-state index contributed by atoms with van der Waals surface area (Å²) in [6.45, 7) is 7.78. The summed E-state index contributed by atoms with van der Waals surface area (Å²) < 4.78 is 27.3. The smallest absolute Gasteiger partial charge is 0.261 e. The quantitative estimate of drug-likeness (QED) is 0.856. The summed E-state index contributed by atoms with van der Waals surface area (Å²) in [6, 6.07) is 16.0. The Bertz CT molecular complexity index is 753. The first-order valence-electron chi connectivity index (χ1n) is 8.35. The van der Waals surface area contributed by atoms with Crippen LogP contribution in [0.15, 0.2) is 59.5 Å². The van der Waals surface area contributed by atoms with E-state index in [4.69, 9.17) is 0 Å². The number of hydrogen-bond acceptors (Lipinski definition) is 3. The molecule has 1 aliphatic rings. The van der Waals surface area contributed by atoms with Gasteiger partial charge in [0.05, 0.1) is 37.6 Å². The van der Waals surface area contributed by atoms with E-state index in [-0.39, 0.29) is 4.90 Å². The summed E-state index contributed by atoms with van der Waals surface area (Å²) in [6.07, 6.45) is 0. The molecule has 5 nitrogen and oxygen atoms in total. The van der Waals surface area contributed by atoms with Crippen molar-refractivity contribution in [2.24, 2.45) is 0 Å². The third-order valence-corrected chi connectivity index (χ3v) is 5.91. The van der Waals surface area contributed by atoms with Crippen LogP contribution in [0.5, 0.6) is 0 Å². The molecule has 0 unspecified atom stereocenters. The van der Waals surface area contributed by atoms with Crippen LogP contribution < -0.4 is 14.5 Å². The van der Waals surface area contributed by atoms with Crippen molar-refractivity contribution < 1.29 is 13.3 Å². The van der Waals surface area contributed by atoms with Gasteiger partial charge in [0.15, 0.2) is 0 Å². The second kappa shape index (κ2) is 7.23. The lowest BCUT2D eigenvalue weighted by molar-refractivity contribution is -0.898. The van der Waals surface area contributed by atoms with Gasteiger partial charge in [-0.2, -0.15) is 0 Å². The summed E-state index contributed by atoms with van der Waals surface area (Å²) in [4.78, 5) is 4.26. The SMILES string of the molecule is CC[NH+]1CCN(c2ccc(NS(=O)(=O)c3ccccc3)cc2)CC1. The first kappa shape index (κ1) is 16.8. The minimum Gasteiger partial charge on any atom is -0.360 e. The second-order valence-electron chi connectivity index (χ2n) is 6.06. The minimum absolute atomic E-state index is 0.271. The van der Waals surface area contributed by atoms with Gasteiger partial charge < -0.3 is 9.80 Å². The van der Waals surface area contributed by atoms with Crippen LogP contribution in [0.4, 0.5) is 11.4 Å². The summed E-state index contributed by atoms with van der Waals surface area (Å²) in [7, 11) is -3.53. The predicted molar refractivity (Wildman–Crippen MR) is 97.1 cm³/mol. The average Bonchev–Trinajstić information content (AvgIpc) is 2.63. The fourth-order valence-corrected chi connectivity index (χ4v) is 4.07. The number of quaternary nitrogens is 1. The molecule has 0 aromatic heterocycles. The van der Waals surface area contributed by atoms with Crippen molar-refractivity contribution in [3.63, 3.8) is 0 Å². The van der Waals surface area contributed by atoms with Gasteiger partial charge >= 0.3 is 0 Å². The molecule has 2 aromatic carbocycles. The van der Waals surface area contributed by atoms with Crippen molar-refractivity contribution in [2.45, 2.75) is 11.8 Å². The van der Waals surface area contributed by atoms with Crippen LogP contribution in [-0.4, -0.2) is 41.1 Å². The molecule has 1 heterocycles. The van der Waals surface area contributed by atoms with Crippen molar-refractivity contribution in [3.05, 3.63) is 54.6 Å². The number of nitrogens with one attached hydrogen (secondary N) is 2. The molecule has 1 saturated heterocycles. The third kappa shape index (κ3) is 3.88. The molecular formula is C18H24N3O2S+. The standard InChI is InChI=1S/C18H23N3O2S/c1-2-20-12-14-21(15-13-20)17-10-8-16(9-11-17)19-24(22,23)18-6-4-3-5-7-18/h3-11,19H,2,12-15H2,1H3/p+1. The van der Waals surface area contributed by atoms with E-state index in [2.05, 4.69) is 16.5 Å². The van der Waals surface area contributed by atoms with E-state index in [9.17, 15) is 8.42 Å². The van der Waals surface area contributed by atoms with Crippen LogP contribution in [0.2, 0.25) is 0 Å². The molecular weight excluding hydrogens is 322 g/mol. The molecule has 2 N–H and O–H groups in total. The minimum atomic E-state index is -3.53. The maximum atomic E-state index is 12.3. The Labute approximate surface area is 144 Å². The number of anilines is 2. The van der Waals surface area contributed by atoms with Gasteiger partial charge in [-0.25, -0.2) is 8.42 Å². The highest BCUT2D eigenvalue weighted by Gasteiger charge is 2.19. The lowest BCUT2D eigenvalue weighted by Crippen LogP contribution is -3.14. The van der Waals surface area contributed by atoms with E-state index in [1.54, 1.807) is 35.2 Å². The summed E-state index contributed by atoms with van der Waals surface area (Å²) in [5.74, 6) is 0. The summed E-state index contributed by atoms with van der Waals surface area (Å²) in [5, 5.41) is 0. The van der Waals surface area contributed by atoms with Gasteiger partial charge in [-0.3, -0.25) is 4.72 Å². The highest BCUT2D eigenvalue weighted by atomic mass is 32.2. The lowest BCUT2D eigenvalue weighted by Gasteiger charge is -2.33. The van der Waals surface area contributed by atoms with Gasteiger partial charge in [0.2, 0.25) is 0 Å².